The molecule has 0 saturated carbocycles. The van der Waals surface area contributed by atoms with Crippen LogP contribution in [0.2, 0.25) is 0 Å². The van der Waals surface area contributed by atoms with Crippen LogP contribution in [0.4, 0.5) is 0 Å². The van der Waals surface area contributed by atoms with Crippen molar-refractivity contribution in [2.24, 2.45) is 10.9 Å². The standard InChI is InChI=1S/C18H32N4OS/c1-6-19-18(22-10-11-24-17(12-22)13(2)3)20-9-7-8-16-14(4)21-23-15(16)5/h13,17H,6-12H2,1-5H3,(H,19,20). The van der Waals surface area contributed by atoms with Crippen LogP contribution in [0.15, 0.2) is 9.52 Å². The Hall–Kier alpha value is -1.17. The van der Waals surface area contributed by atoms with Crippen molar-refractivity contribution in [1.29, 1.82) is 0 Å². The second-order valence-electron chi connectivity index (χ2n) is 6.74. The van der Waals surface area contributed by atoms with Gasteiger partial charge >= 0.3 is 0 Å². The maximum atomic E-state index is 5.23. The van der Waals surface area contributed by atoms with E-state index in [-0.39, 0.29) is 0 Å². The Balaban J connectivity index is 1.90. The number of nitrogens with one attached hydrogen (secondary N) is 1. The van der Waals surface area contributed by atoms with Crippen molar-refractivity contribution in [3.8, 4) is 0 Å². The van der Waals surface area contributed by atoms with Gasteiger partial charge in [0.1, 0.15) is 5.76 Å². The monoisotopic (exact) mass is 352 g/mol. The molecule has 1 unspecified atom stereocenters. The third kappa shape index (κ3) is 5.16. The summed E-state index contributed by atoms with van der Waals surface area (Å²) >= 11 is 2.10. The lowest BCUT2D eigenvalue weighted by Gasteiger charge is -2.36. The zero-order valence-electron chi connectivity index (χ0n) is 15.8. The van der Waals surface area contributed by atoms with Crippen LogP contribution in [0.25, 0.3) is 0 Å². The molecule has 0 bridgehead atoms. The summed E-state index contributed by atoms with van der Waals surface area (Å²) in [7, 11) is 0. The van der Waals surface area contributed by atoms with Crippen LogP contribution in [0.5, 0.6) is 0 Å². The summed E-state index contributed by atoms with van der Waals surface area (Å²) in [6.45, 7) is 14.7. The predicted octanol–water partition coefficient (Wildman–Crippen LogP) is 3.26. The summed E-state index contributed by atoms with van der Waals surface area (Å²) < 4.78 is 5.23. The number of guanidine groups is 1. The minimum Gasteiger partial charge on any atom is -0.361 e. The van der Waals surface area contributed by atoms with Gasteiger partial charge in [0, 0.05) is 42.7 Å². The molecule has 0 aromatic carbocycles. The van der Waals surface area contributed by atoms with E-state index < -0.39 is 0 Å². The van der Waals surface area contributed by atoms with E-state index in [4.69, 9.17) is 9.52 Å². The molecule has 0 radical (unpaired) electrons. The quantitative estimate of drug-likeness (QED) is 0.484. The van der Waals surface area contributed by atoms with Crippen LogP contribution in [0, 0.1) is 19.8 Å². The van der Waals surface area contributed by atoms with E-state index in [1.807, 2.05) is 13.8 Å². The van der Waals surface area contributed by atoms with Gasteiger partial charge in [-0.25, -0.2) is 0 Å². The number of hydrogen-bond acceptors (Lipinski definition) is 4. The highest BCUT2D eigenvalue weighted by atomic mass is 32.2. The van der Waals surface area contributed by atoms with Crippen molar-refractivity contribution >= 4 is 17.7 Å². The molecule has 2 heterocycles. The first kappa shape index (κ1) is 19.2. The highest BCUT2D eigenvalue weighted by Crippen LogP contribution is 2.24. The summed E-state index contributed by atoms with van der Waals surface area (Å²) in [4.78, 5) is 7.29. The van der Waals surface area contributed by atoms with Gasteiger partial charge in [-0.05, 0) is 39.5 Å². The Bertz CT molecular complexity index is 522. The lowest BCUT2D eigenvalue weighted by molar-refractivity contribution is 0.381. The Morgan fingerprint density at radius 2 is 2.25 bits per heavy atom. The van der Waals surface area contributed by atoms with E-state index in [0.29, 0.717) is 11.2 Å². The minimum atomic E-state index is 0.699. The van der Waals surface area contributed by atoms with Gasteiger partial charge in [-0.15, -0.1) is 0 Å². The van der Waals surface area contributed by atoms with E-state index in [0.717, 1.165) is 56.4 Å². The summed E-state index contributed by atoms with van der Waals surface area (Å²) in [6.07, 6.45) is 2.00. The van der Waals surface area contributed by atoms with Crippen molar-refractivity contribution in [2.45, 2.75) is 52.7 Å². The Kier molecular flexibility index (Phi) is 7.46. The molecule has 2 rings (SSSR count). The third-order valence-electron chi connectivity index (χ3n) is 4.50. The second-order valence-corrected chi connectivity index (χ2v) is 8.09. The Labute approximate surface area is 150 Å². The van der Waals surface area contributed by atoms with Crippen molar-refractivity contribution < 1.29 is 4.52 Å². The van der Waals surface area contributed by atoms with E-state index in [9.17, 15) is 0 Å². The van der Waals surface area contributed by atoms with E-state index in [2.05, 4.69) is 47.9 Å². The summed E-state index contributed by atoms with van der Waals surface area (Å²) in [5.41, 5.74) is 2.25. The maximum Gasteiger partial charge on any atom is 0.193 e. The first-order valence-electron chi connectivity index (χ1n) is 9.09. The van der Waals surface area contributed by atoms with Crippen LogP contribution in [0.3, 0.4) is 0 Å². The second kappa shape index (κ2) is 9.35. The molecule has 1 aromatic heterocycles. The topological polar surface area (TPSA) is 53.7 Å². The van der Waals surface area contributed by atoms with E-state index in [1.54, 1.807) is 0 Å². The molecule has 0 spiro atoms. The molecule has 1 fully saturated rings. The first-order chi connectivity index (χ1) is 11.5. The first-order valence-corrected chi connectivity index (χ1v) is 10.1. The number of hydrogen-bond donors (Lipinski definition) is 1. The number of nitrogens with zero attached hydrogens (tertiary/aromatic N) is 3. The van der Waals surface area contributed by atoms with Gasteiger partial charge in [-0.3, -0.25) is 4.99 Å². The van der Waals surface area contributed by atoms with Gasteiger partial charge in [-0.1, -0.05) is 19.0 Å². The molecule has 1 aliphatic rings. The molecule has 5 nitrogen and oxygen atoms in total. The minimum absolute atomic E-state index is 0.699. The number of thioether (sulfide) groups is 1. The average Bonchev–Trinajstić information content (AvgIpc) is 2.89. The fraction of sp³-hybridized carbons (Fsp3) is 0.778. The lowest BCUT2D eigenvalue weighted by atomic mass is 10.1. The number of aromatic nitrogens is 1. The van der Waals surface area contributed by atoms with E-state index in [1.165, 1.54) is 11.3 Å². The van der Waals surface area contributed by atoms with Gasteiger partial charge in [0.15, 0.2) is 5.96 Å². The molecular weight excluding hydrogens is 320 g/mol. The zero-order chi connectivity index (χ0) is 17.5. The SMILES string of the molecule is CCNC(=NCCCc1c(C)noc1C)N1CCSC(C(C)C)C1. The largest absolute Gasteiger partial charge is 0.361 e. The van der Waals surface area contributed by atoms with Crippen molar-refractivity contribution in [2.75, 3.05) is 31.9 Å². The van der Waals surface area contributed by atoms with Crippen molar-refractivity contribution in [3.05, 3.63) is 17.0 Å². The average molecular weight is 353 g/mol. The fourth-order valence-corrected chi connectivity index (χ4v) is 4.30. The number of aliphatic imine (C=N–C) groups is 1. The van der Waals surface area contributed by atoms with Gasteiger partial charge in [-0.2, -0.15) is 11.8 Å². The smallest absolute Gasteiger partial charge is 0.193 e. The van der Waals surface area contributed by atoms with Gasteiger partial charge in [0.25, 0.3) is 0 Å². The third-order valence-corrected chi connectivity index (χ3v) is 6.04. The van der Waals surface area contributed by atoms with Crippen molar-refractivity contribution in [1.82, 2.24) is 15.4 Å². The van der Waals surface area contributed by atoms with Gasteiger partial charge in [0.2, 0.25) is 0 Å². The number of rotatable bonds is 6. The summed E-state index contributed by atoms with van der Waals surface area (Å²) in [5.74, 6) is 3.91. The van der Waals surface area contributed by atoms with Crippen LogP contribution < -0.4 is 5.32 Å². The maximum absolute atomic E-state index is 5.23. The molecule has 24 heavy (non-hydrogen) atoms. The van der Waals surface area contributed by atoms with Crippen LogP contribution >= 0.6 is 11.8 Å². The van der Waals surface area contributed by atoms with Crippen LogP contribution in [-0.4, -0.2) is 53.2 Å². The zero-order valence-corrected chi connectivity index (χ0v) is 16.6. The molecule has 1 saturated heterocycles. The van der Waals surface area contributed by atoms with E-state index >= 15 is 0 Å². The van der Waals surface area contributed by atoms with Crippen LogP contribution in [-0.2, 0) is 6.42 Å². The molecule has 0 aliphatic carbocycles. The summed E-state index contributed by atoms with van der Waals surface area (Å²) in [6, 6.07) is 0. The normalized spacial score (nSPS) is 19.2. The molecule has 136 valence electrons. The van der Waals surface area contributed by atoms with Crippen molar-refractivity contribution in [3.63, 3.8) is 0 Å². The molecule has 0 amide bonds. The van der Waals surface area contributed by atoms with Gasteiger partial charge < -0.3 is 14.7 Å². The van der Waals surface area contributed by atoms with Gasteiger partial charge in [0.05, 0.1) is 5.69 Å². The molecule has 6 heteroatoms. The highest BCUT2D eigenvalue weighted by molar-refractivity contribution is 8.00. The fourth-order valence-electron chi connectivity index (χ4n) is 3.00. The molecule has 1 N–H and O–H groups in total. The van der Waals surface area contributed by atoms with Crippen LogP contribution in [0.1, 0.15) is 44.2 Å². The lowest BCUT2D eigenvalue weighted by Crippen LogP contribution is -2.49. The number of aryl methyl sites for hydroxylation is 2. The summed E-state index contributed by atoms with van der Waals surface area (Å²) in [5, 5.41) is 8.19. The molecular formula is C18H32N4OS. The Morgan fingerprint density at radius 1 is 1.46 bits per heavy atom. The highest BCUT2D eigenvalue weighted by Gasteiger charge is 2.24. The Morgan fingerprint density at radius 3 is 2.88 bits per heavy atom. The molecule has 1 aromatic rings. The molecule has 1 atom stereocenters. The molecule has 1 aliphatic heterocycles. The predicted molar refractivity (Wildman–Crippen MR) is 103 cm³/mol.